The first kappa shape index (κ1) is 15.5. The van der Waals surface area contributed by atoms with Crippen molar-refractivity contribution in [2.45, 2.75) is 33.1 Å². The van der Waals surface area contributed by atoms with Crippen LogP contribution in [0.15, 0.2) is 12.3 Å². The van der Waals surface area contributed by atoms with Crippen molar-refractivity contribution in [1.82, 2.24) is 10.2 Å². The van der Waals surface area contributed by atoms with E-state index in [0.717, 1.165) is 44.6 Å². The highest BCUT2D eigenvalue weighted by molar-refractivity contribution is 5.28. The Labute approximate surface area is 116 Å². The molecule has 0 aliphatic carbocycles. The third kappa shape index (κ3) is 3.08. The number of nitrogens with one attached hydrogen (secondary N) is 1. The lowest BCUT2D eigenvalue weighted by molar-refractivity contribution is 0.194. The van der Waals surface area contributed by atoms with Crippen LogP contribution in [0.5, 0.6) is 0 Å². The zero-order valence-electron chi connectivity index (χ0n) is 12.1. The second-order valence-electron chi connectivity index (χ2n) is 5.16. The molecule has 0 saturated carbocycles. The van der Waals surface area contributed by atoms with Crippen molar-refractivity contribution >= 4 is 0 Å². The van der Waals surface area contributed by atoms with E-state index in [0.29, 0.717) is 6.54 Å². The number of nitriles is 2. The maximum absolute atomic E-state index is 9.67. The minimum Gasteiger partial charge on any atom is -0.374 e. The molecule has 0 aromatic heterocycles. The predicted molar refractivity (Wildman–Crippen MR) is 75.9 cm³/mol. The fourth-order valence-corrected chi connectivity index (χ4v) is 2.77. The standard InChI is InChI=1S/C15H24N4/c1-4-8-19(9-5-2)13(3)15(11-17)12-18-7-6-14(15)10-16/h14,18H,3-9,12H2,1-2H3/t14?,15-/m0/s1. The summed E-state index contributed by atoms with van der Waals surface area (Å²) in [4.78, 5) is 2.18. The van der Waals surface area contributed by atoms with Crippen LogP contribution in [-0.4, -0.2) is 31.1 Å². The summed E-state index contributed by atoms with van der Waals surface area (Å²) >= 11 is 0. The molecule has 104 valence electrons. The van der Waals surface area contributed by atoms with E-state index in [1.807, 2.05) is 0 Å². The van der Waals surface area contributed by atoms with Crippen LogP contribution in [0.4, 0.5) is 0 Å². The maximum Gasteiger partial charge on any atom is 0.124 e. The van der Waals surface area contributed by atoms with Gasteiger partial charge in [0.2, 0.25) is 0 Å². The summed E-state index contributed by atoms with van der Waals surface area (Å²) in [7, 11) is 0. The molecule has 0 spiro atoms. The highest BCUT2D eigenvalue weighted by Gasteiger charge is 2.45. The third-order valence-corrected chi connectivity index (χ3v) is 3.85. The van der Waals surface area contributed by atoms with E-state index < -0.39 is 5.41 Å². The monoisotopic (exact) mass is 260 g/mol. The molecule has 4 nitrogen and oxygen atoms in total. The average molecular weight is 260 g/mol. The third-order valence-electron chi connectivity index (χ3n) is 3.85. The summed E-state index contributed by atoms with van der Waals surface area (Å²) in [6.45, 7) is 11.5. The van der Waals surface area contributed by atoms with Gasteiger partial charge in [-0.1, -0.05) is 20.4 Å². The zero-order valence-corrected chi connectivity index (χ0v) is 12.1. The first-order valence-electron chi connectivity index (χ1n) is 7.12. The van der Waals surface area contributed by atoms with Gasteiger partial charge >= 0.3 is 0 Å². The minimum absolute atomic E-state index is 0.262. The summed E-state index contributed by atoms with van der Waals surface area (Å²) < 4.78 is 0. The fraction of sp³-hybridized carbons (Fsp3) is 0.733. The SMILES string of the molecule is C=C(N(CCC)CCC)[C@]1(C#N)CNCCC1C#N. The van der Waals surface area contributed by atoms with Gasteiger partial charge in [-0.05, 0) is 25.8 Å². The molecule has 1 unspecified atom stereocenters. The van der Waals surface area contributed by atoms with Crippen molar-refractivity contribution in [3.63, 3.8) is 0 Å². The molecule has 1 aliphatic heterocycles. The van der Waals surface area contributed by atoms with Gasteiger partial charge in [0.05, 0.1) is 18.1 Å². The van der Waals surface area contributed by atoms with Crippen molar-refractivity contribution < 1.29 is 0 Å². The molecule has 19 heavy (non-hydrogen) atoms. The number of rotatable bonds is 6. The maximum atomic E-state index is 9.67. The lowest BCUT2D eigenvalue weighted by Gasteiger charge is -2.42. The molecule has 0 aromatic rings. The second-order valence-corrected chi connectivity index (χ2v) is 5.16. The van der Waals surface area contributed by atoms with Gasteiger partial charge < -0.3 is 10.2 Å². The first-order valence-corrected chi connectivity index (χ1v) is 7.12. The Balaban J connectivity index is 3.02. The molecule has 1 saturated heterocycles. The summed E-state index contributed by atoms with van der Waals surface area (Å²) in [5.41, 5.74) is 0.0506. The Morgan fingerprint density at radius 3 is 2.47 bits per heavy atom. The summed E-state index contributed by atoms with van der Waals surface area (Å²) in [5.74, 6) is -0.262. The molecule has 4 heteroatoms. The average Bonchev–Trinajstić information content (AvgIpc) is 2.46. The molecule has 2 atom stereocenters. The number of hydrogen-bond donors (Lipinski definition) is 1. The van der Waals surface area contributed by atoms with Crippen LogP contribution in [-0.2, 0) is 0 Å². The number of nitrogens with zero attached hydrogens (tertiary/aromatic N) is 3. The Morgan fingerprint density at radius 1 is 1.37 bits per heavy atom. The lowest BCUT2D eigenvalue weighted by atomic mass is 9.70. The smallest absolute Gasteiger partial charge is 0.124 e. The molecule has 0 radical (unpaired) electrons. The molecule has 1 N–H and O–H groups in total. The van der Waals surface area contributed by atoms with Crippen molar-refractivity contribution in [2.24, 2.45) is 11.3 Å². The van der Waals surface area contributed by atoms with Gasteiger partial charge in [-0.3, -0.25) is 0 Å². The van der Waals surface area contributed by atoms with Crippen LogP contribution in [0, 0.1) is 34.0 Å². The van der Waals surface area contributed by atoms with Crippen LogP contribution in [0.25, 0.3) is 0 Å². The Hall–Kier alpha value is -1.52. The topological polar surface area (TPSA) is 62.9 Å². The van der Waals surface area contributed by atoms with E-state index in [4.69, 9.17) is 0 Å². The van der Waals surface area contributed by atoms with E-state index >= 15 is 0 Å². The fourth-order valence-electron chi connectivity index (χ4n) is 2.77. The Kier molecular flexibility index (Phi) is 5.86. The summed E-state index contributed by atoms with van der Waals surface area (Å²) in [5, 5.41) is 22.3. The molecule has 1 heterocycles. The molecule has 0 aromatic carbocycles. The minimum atomic E-state index is -0.767. The van der Waals surface area contributed by atoms with Crippen molar-refractivity contribution in [3.8, 4) is 12.1 Å². The van der Waals surface area contributed by atoms with Crippen molar-refractivity contribution in [1.29, 1.82) is 10.5 Å². The van der Waals surface area contributed by atoms with Gasteiger partial charge in [0.25, 0.3) is 0 Å². The molecule has 1 aliphatic rings. The quantitative estimate of drug-likeness (QED) is 0.795. The Bertz CT molecular complexity index is 384. The van der Waals surface area contributed by atoms with Crippen molar-refractivity contribution in [3.05, 3.63) is 12.3 Å². The van der Waals surface area contributed by atoms with Crippen LogP contribution >= 0.6 is 0 Å². The highest BCUT2D eigenvalue weighted by atomic mass is 15.1. The van der Waals surface area contributed by atoms with Gasteiger partial charge in [0.1, 0.15) is 5.41 Å². The Morgan fingerprint density at radius 2 is 2.00 bits per heavy atom. The normalized spacial score (nSPS) is 26.2. The lowest BCUT2D eigenvalue weighted by Crippen LogP contribution is -2.50. The van der Waals surface area contributed by atoms with E-state index in [9.17, 15) is 10.5 Å². The second kappa shape index (κ2) is 7.16. The summed E-state index contributed by atoms with van der Waals surface area (Å²) in [6.07, 6.45) is 2.76. The molecule has 0 bridgehead atoms. The van der Waals surface area contributed by atoms with Crippen LogP contribution in [0.2, 0.25) is 0 Å². The van der Waals surface area contributed by atoms with Crippen molar-refractivity contribution in [2.75, 3.05) is 26.2 Å². The molecule has 0 amide bonds. The van der Waals surface area contributed by atoms with Crippen LogP contribution in [0.3, 0.4) is 0 Å². The molecule has 1 rings (SSSR count). The predicted octanol–water partition coefficient (Wildman–Crippen LogP) is 2.27. The largest absolute Gasteiger partial charge is 0.374 e. The van der Waals surface area contributed by atoms with Gasteiger partial charge in [0.15, 0.2) is 0 Å². The van der Waals surface area contributed by atoms with Crippen LogP contribution in [0.1, 0.15) is 33.1 Å². The van der Waals surface area contributed by atoms with E-state index in [1.54, 1.807) is 0 Å². The van der Waals surface area contributed by atoms with Gasteiger partial charge in [-0.2, -0.15) is 10.5 Å². The first-order chi connectivity index (χ1) is 9.16. The molecule has 1 fully saturated rings. The van der Waals surface area contributed by atoms with Gasteiger partial charge in [-0.25, -0.2) is 0 Å². The molecular formula is C15H24N4. The van der Waals surface area contributed by atoms with E-state index in [2.05, 4.69) is 42.8 Å². The van der Waals surface area contributed by atoms with Crippen LogP contribution < -0.4 is 5.32 Å². The molecular weight excluding hydrogens is 236 g/mol. The number of piperidine rings is 1. The van der Waals surface area contributed by atoms with E-state index in [-0.39, 0.29) is 5.92 Å². The van der Waals surface area contributed by atoms with E-state index in [1.165, 1.54) is 0 Å². The van der Waals surface area contributed by atoms with Gasteiger partial charge in [0, 0.05) is 25.3 Å². The summed E-state index contributed by atoms with van der Waals surface area (Å²) in [6, 6.07) is 4.71. The van der Waals surface area contributed by atoms with Gasteiger partial charge in [-0.15, -0.1) is 0 Å². The zero-order chi connectivity index (χ0) is 14.3. The highest BCUT2D eigenvalue weighted by Crippen LogP contribution is 2.39. The number of hydrogen-bond acceptors (Lipinski definition) is 4.